The van der Waals surface area contributed by atoms with Crippen LogP contribution in [0.2, 0.25) is 45.3 Å². The van der Waals surface area contributed by atoms with Crippen molar-refractivity contribution < 1.29 is 13.0 Å². The molecule has 0 aromatic rings. The van der Waals surface area contributed by atoms with Gasteiger partial charge in [-0.1, -0.05) is 12.2 Å². The van der Waals surface area contributed by atoms with Gasteiger partial charge < -0.3 is 13.0 Å². The zero-order valence-corrected chi connectivity index (χ0v) is 17.5. The van der Waals surface area contributed by atoms with Crippen molar-refractivity contribution in [2.24, 2.45) is 17.8 Å². The number of rotatable bonds is 7. The maximum absolute atomic E-state index is 11.1. The van der Waals surface area contributed by atoms with Gasteiger partial charge in [0.25, 0.3) is 0 Å². The minimum atomic E-state index is -3.02. The molecule has 6 heteroatoms. The van der Waals surface area contributed by atoms with Gasteiger partial charge in [-0.3, -0.25) is 0 Å². The van der Waals surface area contributed by atoms with Crippen molar-refractivity contribution in [3.05, 3.63) is 12.2 Å². The van der Waals surface area contributed by atoms with E-state index in [9.17, 15) is 4.80 Å². The van der Waals surface area contributed by atoms with Crippen molar-refractivity contribution in [2.75, 3.05) is 0 Å². The molecule has 3 unspecified atom stereocenters. The van der Waals surface area contributed by atoms with Crippen molar-refractivity contribution in [1.29, 1.82) is 0 Å². The highest BCUT2D eigenvalue weighted by atomic mass is 28.5. The molecule has 0 heterocycles. The summed E-state index contributed by atoms with van der Waals surface area (Å²) < 4.78 is 12.3. The Bertz CT molecular complexity index is 382. The minimum Gasteiger partial charge on any atom is -0.416 e. The first-order valence-electron chi connectivity index (χ1n) is 8.27. The summed E-state index contributed by atoms with van der Waals surface area (Å²) in [6.07, 6.45) is 8.45. The predicted octanol–water partition coefficient (Wildman–Crippen LogP) is 4.22. The number of allylic oxidation sites excluding steroid dienone is 2. The van der Waals surface area contributed by atoms with E-state index in [4.69, 9.17) is 8.23 Å². The predicted molar refractivity (Wildman–Crippen MR) is 95.1 cm³/mol. The lowest BCUT2D eigenvalue weighted by Gasteiger charge is -2.36. The zero-order chi connectivity index (χ0) is 15.9. The normalized spacial score (nSPS) is 29.4. The van der Waals surface area contributed by atoms with Crippen LogP contribution in [0.25, 0.3) is 0 Å². The smallest absolute Gasteiger partial charge is 0.416 e. The largest absolute Gasteiger partial charge is 0.477 e. The fourth-order valence-corrected chi connectivity index (χ4v) is 13.4. The Hall–Kier alpha value is 0.271. The van der Waals surface area contributed by atoms with Gasteiger partial charge in [0, 0.05) is 6.04 Å². The monoisotopic (exact) mass is 344 g/mol. The van der Waals surface area contributed by atoms with Crippen molar-refractivity contribution in [3.63, 3.8) is 0 Å². The first-order valence-corrected chi connectivity index (χ1v) is 17.1. The minimum absolute atomic E-state index is 0.731. The van der Waals surface area contributed by atoms with Crippen molar-refractivity contribution >= 4 is 25.4 Å². The SMILES string of the molecule is C[Si](C)(C)O[Si](O)(CCC1CC2C=CC1C2)O[Si](C)(C)C. The maximum atomic E-state index is 11.1. The van der Waals surface area contributed by atoms with Crippen LogP contribution in [-0.2, 0) is 8.23 Å². The summed E-state index contributed by atoms with van der Waals surface area (Å²) in [6, 6.07) is 0.739. The van der Waals surface area contributed by atoms with E-state index in [-0.39, 0.29) is 0 Å². The van der Waals surface area contributed by atoms with E-state index < -0.39 is 25.4 Å². The summed E-state index contributed by atoms with van der Waals surface area (Å²) in [7, 11) is -6.60. The average molecular weight is 345 g/mol. The second-order valence-electron chi connectivity index (χ2n) is 8.72. The van der Waals surface area contributed by atoms with E-state index in [1.54, 1.807) is 0 Å². The molecule has 1 saturated carbocycles. The Balaban J connectivity index is 1.97. The average Bonchev–Trinajstić information content (AvgIpc) is 2.82. The summed E-state index contributed by atoms with van der Waals surface area (Å²) in [5, 5.41) is 0. The molecule has 2 aliphatic carbocycles. The molecule has 0 amide bonds. The van der Waals surface area contributed by atoms with Gasteiger partial charge in [-0.05, 0) is 76.3 Å². The first-order chi connectivity index (χ1) is 9.46. The molecule has 2 aliphatic rings. The lowest BCUT2D eigenvalue weighted by molar-refractivity contribution is 0.236. The highest BCUT2D eigenvalue weighted by molar-refractivity contribution is 6.85. The van der Waals surface area contributed by atoms with Gasteiger partial charge in [-0.25, -0.2) is 0 Å². The number of fused-ring (bicyclic) bond motifs is 2. The van der Waals surface area contributed by atoms with Crippen LogP contribution < -0.4 is 0 Å². The molecule has 0 aromatic carbocycles. The molecule has 122 valence electrons. The first kappa shape index (κ1) is 17.6. The van der Waals surface area contributed by atoms with Gasteiger partial charge in [-0.15, -0.1) is 0 Å². The van der Waals surface area contributed by atoms with Crippen LogP contribution in [0.4, 0.5) is 0 Å². The van der Waals surface area contributed by atoms with E-state index in [2.05, 4.69) is 51.4 Å². The molecule has 1 N–H and O–H groups in total. The summed E-state index contributed by atoms with van der Waals surface area (Å²) in [6.45, 7) is 12.8. The molecule has 0 saturated heterocycles. The van der Waals surface area contributed by atoms with Crippen LogP contribution in [-0.4, -0.2) is 30.2 Å². The molecule has 0 aromatic heterocycles. The van der Waals surface area contributed by atoms with Gasteiger partial charge in [0.1, 0.15) is 0 Å². The van der Waals surface area contributed by atoms with Gasteiger partial charge >= 0.3 is 8.80 Å². The quantitative estimate of drug-likeness (QED) is 0.555. The second kappa shape index (κ2) is 6.05. The zero-order valence-electron chi connectivity index (χ0n) is 14.5. The second-order valence-corrected chi connectivity index (χ2v) is 20.7. The Labute approximate surface area is 133 Å². The number of hydrogen-bond acceptors (Lipinski definition) is 3. The fraction of sp³-hybridized carbons (Fsp3) is 0.867. The van der Waals surface area contributed by atoms with E-state index >= 15 is 0 Å². The Morgan fingerprint density at radius 3 is 1.90 bits per heavy atom. The molecule has 2 bridgehead atoms. The topological polar surface area (TPSA) is 38.7 Å². The molecule has 21 heavy (non-hydrogen) atoms. The molecular weight excluding hydrogens is 312 g/mol. The highest BCUT2D eigenvalue weighted by Gasteiger charge is 2.46. The number of hydrogen-bond donors (Lipinski definition) is 1. The van der Waals surface area contributed by atoms with Gasteiger partial charge in [0.15, 0.2) is 16.6 Å². The third-order valence-electron chi connectivity index (χ3n) is 4.18. The molecule has 0 spiro atoms. The summed E-state index contributed by atoms with van der Waals surface area (Å²) >= 11 is 0. The van der Waals surface area contributed by atoms with Gasteiger partial charge in [-0.2, -0.15) is 0 Å². The van der Waals surface area contributed by atoms with Crippen molar-refractivity contribution in [2.45, 2.75) is 64.6 Å². The lowest BCUT2D eigenvalue weighted by Crippen LogP contribution is -2.55. The Kier molecular flexibility index (Phi) is 5.08. The highest BCUT2D eigenvalue weighted by Crippen LogP contribution is 2.46. The molecule has 0 radical (unpaired) electrons. The van der Waals surface area contributed by atoms with E-state index in [1.807, 2.05) is 0 Å². The molecule has 2 rings (SSSR count). The Morgan fingerprint density at radius 2 is 1.52 bits per heavy atom. The standard InChI is InChI=1S/C15H32O3Si3/c1-19(2,3)17-21(16,18-20(4,5)6)10-9-15-12-13-7-8-14(15)11-13/h7-8,13-16H,9-12H2,1-6H3. The molecule has 0 aliphatic heterocycles. The third-order valence-corrected chi connectivity index (χ3v) is 12.5. The van der Waals surface area contributed by atoms with Crippen LogP contribution >= 0.6 is 0 Å². The van der Waals surface area contributed by atoms with Crippen LogP contribution in [0.1, 0.15) is 19.3 Å². The fourth-order valence-electron chi connectivity index (χ4n) is 3.67. The summed E-state index contributed by atoms with van der Waals surface area (Å²) in [5.41, 5.74) is 0. The van der Waals surface area contributed by atoms with Crippen LogP contribution in [0.3, 0.4) is 0 Å². The molecule has 3 nitrogen and oxygen atoms in total. The summed E-state index contributed by atoms with van der Waals surface area (Å²) in [5.74, 6) is 2.27. The van der Waals surface area contributed by atoms with Crippen LogP contribution in [0.15, 0.2) is 12.2 Å². The van der Waals surface area contributed by atoms with Gasteiger partial charge in [0.05, 0.1) is 0 Å². The van der Waals surface area contributed by atoms with Crippen molar-refractivity contribution in [3.8, 4) is 0 Å². The summed E-state index contributed by atoms with van der Waals surface area (Å²) in [4.78, 5) is 11.1. The molecule has 1 fully saturated rings. The molecular formula is C15H32O3Si3. The van der Waals surface area contributed by atoms with Crippen LogP contribution in [0.5, 0.6) is 0 Å². The van der Waals surface area contributed by atoms with E-state index in [0.717, 1.165) is 30.2 Å². The van der Waals surface area contributed by atoms with E-state index in [0.29, 0.717) is 0 Å². The van der Waals surface area contributed by atoms with Crippen molar-refractivity contribution in [1.82, 2.24) is 0 Å². The van der Waals surface area contributed by atoms with Gasteiger partial charge in [0.2, 0.25) is 0 Å². The van der Waals surface area contributed by atoms with E-state index in [1.165, 1.54) is 12.8 Å². The third kappa shape index (κ3) is 5.44. The lowest BCUT2D eigenvalue weighted by atomic mass is 9.91. The Morgan fingerprint density at radius 1 is 0.952 bits per heavy atom. The maximum Gasteiger partial charge on any atom is 0.477 e. The van der Waals surface area contributed by atoms with Crippen LogP contribution in [0, 0.1) is 17.8 Å². The molecule has 3 atom stereocenters.